The second kappa shape index (κ2) is 9.07. The zero-order chi connectivity index (χ0) is 19.9. The average molecular weight is 371 g/mol. The first-order valence-corrected chi connectivity index (χ1v) is 8.73. The third-order valence-corrected chi connectivity index (χ3v) is 3.48. The third kappa shape index (κ3) is 7.39. The summed E-state index contributed by atoms with van der Waals surface area (Å²) in [6, 6.07) is 8.86. The van der Waals surface area contributed by atoms with Gasteiger partial charge in [-0.2, -0.15) is 5.10 Å². The molecule has 2 heterocycles. The van der Waals surface area contributed by atoms with Crippen molar-refractivity contribution in [2.45, 2.75) is 45.6 Å². The minimum absolute atomic E-state index is 0.0525. The molecule has 0 spiro atoms. The predicted octanol–water partition coefficient (Wildman–Crippen LogP) is 2.68. The van der Waals surface area contributed by atoms with Crippen LogP contribution in [0.4, 0.5) is 10.6 Å². The van der Waals surface area contributed by atoms with Crippen LogP contribution in [-0.4, -0.2) is 39.3 Å². The zero-order valence-electron chi connectivity index (χ0n) is 16.0. The number of nitrogens with zero attached hydrogens (tertiary/aromatic N) is 3. The fourth-order valence-corrected chi connectivity index (χ4v) is 2.18. The Balaban J connectivity index is 1.83. The standard InChI is InChI=1S/C19H25N5O3/c1-13(12-21-18(26)27-19(2,3)4)15-8-9-16(24-23-15)22-17(25)11-14-7-5-6-10-20-14/h5-10,13H,11-12H2,1-4H3,(H,21,26)(H,22,24,25)/t13-/m1/s1. The van der Waals surface area contributed by atoms with Crippen LogP contribution in [0.5, 0.6) is 0 Å². The number of ether oxygens (including phenoxy) is 1. The molecule has 2 aromatic rings. The summed E-state index contributed by atoms with van der Waals surface area (Å²) in [6.07, 6.45) is 1.34. The van der Waals surface area contributed by atoms with Crippen LogP contribution < -0.4 is 10.6 Å². The van der Waals surface area contributed by atoms with E-state index in [1.165, 1.54) is 0 Å². The topological polar surface area (TPSA) is 106 Å². The van der Waals surface area contributed by atoms with Gasteiger partial charge in [-0.25, -0.2) is 4.79 Å². The molecule has 2 N–H and O–H groups in total. The molecule has 1 atom stereocenters. The van der Waals surface area contributed by atoms with E-state index in [4.69, 9.17) is 4.74 Å². The molecule has 0 aliphatic heterocycles. The van der Waals surface area contributed by atoms with Crippen molar-refractivity contribution >= 4 is 17.8 Å². The smallest absolute Gasteiger partial charge is 0.407 e. The summed E-state index contributed by atoms with van der Waals surface area (Å²) in [5.74, 6) is 0.102. The van der Waals surface area contributed by atoms with Crippen LogP contribution in [0.25, 0.3) is 0 Å². The number of carbonyl (C=O) groups is 2. The molecule has 0 aliphatic carbocycles. The minimum atomic E-state index is -0.539. The first-order chi connectivity index (χ1) is 12.7. The number of hydrogen-bond donors (Lipinski definition) is 2. The van der Waals surface area contributed by atoms with Crippen LogP contribution in [0.1, 0.15) is 45.0 Å². The Morgan fingerprint density at radius 1 is 1.15 bits per heavy atom. The van der Waals surface area contributed by atoms with Crippen molar-refractivity contribution in [2.24, 2.45) is 0 Å². The second-order valence-electron chi connectivity index (χ2n) is 7.17. The van der Waals surface area contributed by atoms with Gasteiger partial charge in [0.05, 0.1) is 12.1 Å². The Hall–Kier alpha value is -3.03. The summed E-state index contributed by atoms with van der Waals surface area (Å²) >= 11 is 0. The lowest BCUT2D eigenvalue weighted by Gasteiger charge is -2.20. The van der Waals surface area contributed by atoms with Crippen molar-refractivity contribution < 1.29 is 14.3 Å². The van der Waals surface area contributed by atoms with E-state index in [-0.39, 0.29) is 18.2 Å². The van der Waals surface area contributed by atoms with Gasteiger partial charge in [-0.05, 0) is 45.0 Å². The van der Waals surface area contributed by atoms with E-state index < -0.39 is 11.7 Å². The van der Waals surface area contributed by atoms with Gasteiger partial charge in [-0.3, -0.25) is 9.78 Å². The van der Waals surface area contributed by atoms with Crippen LogP contribution in [0, 0.1) is 0 Å². The van der Waals surface area contributed by atoms with E-state index in [2.05, 4.69) is 25.8 Å². The maximum Gasteiger partial charge on any atom is 0.407 e. The highest BCUT2D eigenvalue weighted by Crippen LogP contribution is 2.13. The molecule has 2 rings (SSSR count). The summed E-state index contributed by atoms with van der Waals surface area (Å²) in [5, 5.41) is 13.5. The highest BCUT2D eigenvalue weighted by Gasteiger charge is 2.17. The number of amides is 2. The van der Waals surface area contributed by atoms with Crippen molar-refractivity contribution in [3.05, 3.63) is 47.9 Å². The molecule has 8 heteroatoms. The van der Waals surface area contributed by atoms with Crippen molar-refractivity contribution in [1.29, 1.82) is 0 Å². The summed E-state index contributed by atoms with van der Waals surface area (Å²) in [4.78, 5) is 27.8. The zero-order valence-corrected chi connectivity index (χ0v) is 16.0. The molecule has 0 unspecified atom stereocenters. The molecule has 0 aliphatic rings. The quantitative estimate of drug-likeness (QED) is 0.809. The molecular formula is C19H25N5O3. The number of aromatic nitrogens is 3. The molecular weight excluding hydrogens is 346 g/mol. The molecule has 0 saturated heterocycles. The summed E-state index contributed by atoms with van der Waals surface area (Å²) in [6.45, 7) is 7.71. The molecule has 2 aromatic heterocycles. The monoisotopic (exact) mass is 371 g/mol. The van der Waals surface area contributed by atoms with Crippen molar-refractivity contribution in [3.8, 4) is 0 Å². The normalized spacial score (nSPS) is 12.1. The van der Waals surface area contributed by atoms with E-state index in [0.717, 1.165) is 0 Å². The van der Waals surface area contributed by atoms with Crippen LogP contribution in [0.15, 0.2) is 36.5 Å². The van der Waals surface area contributed by atoms with E-state index in [1.54, 1.807) is 30.5 Å². The lowest BCUT2D eigenvalue weighted by atomic mass is 10.1. The summed E-state index contributed by atoms with van der Waals surface area (Å²) < 4.78 is 5.20. The number of hydrogen-bond acceptors (Lipinski definition) is 6. The Labute approximate surface area is 158 Å². The first kappa shape index (κ1) is 20.3. The first-order valence-electron chi connectivity index (χ1n) is 8.73. The van der Waals surface area contributed by atoms with Crippen LogP contribution in [0.2, 0.25) is 0 Å². The highest BCUT2D eigenvalue weighted by molar-refractivity contribution is 5.91. The number of anilines is 1. The van der Waals surface area contributed by atoms with Gasteiger partial charge in [0.1, 0.15) is 5.60 Å². The Bertz CT molecular complexity index is 757. The number of pyridine rings is 1. The number of rotatable bonds is 6. The Morgan fingerprint density at radius 2 is 1.93 bits per heavy atom. The maximum absolute atomic E-state index is 12.0. The SMILES string of the molecule is C[C@H](CNC(=O)OC(C)(C)C)c1ccc(NC(=O)Cc2ccccn2)nn1. The third-order valence-electron chi connectivity index (χ3n) is 3.48. The van der Waals surface area contributed by atoms with E-state index in [0.29, 0.717) is 23.8 Å². The summed E-state index contributed by atoms with van der Waals surface area (Å²) in [5.41, 5.74) is 0.845. The maximum atomic E-state index is 12.0. The molecule has 0 fully saturated rings. The molecule has 144 valence electrons. The molecule has 8 nitrogen and oxygen atoms in total. The van der Waals surface area contributed by atoms with E-state index in [9.17, 15) is 9.59 Å². The minimum Gasteiger partial charge on any atom is -0.444 e. The van der Waals surface area contributed by atoms with Crippen molar-refractivity contribution in [1.82, 2.24) is 20.5 Å². The van der Waals surface area contributed by atoms with Crippen molar-refractivity contribution in [3.63, 3.8) is 0 Å². The molecule has 0 aromatic carbocycles. The lowest BCUT2D eigenvalue weighted by Crippen LogP contribution is -2.34. The molecule has 27 heavy (non-hydrogen) atoms. The van der Waals surface area contributed by atoms with Crippen LogP contribution in [0.3, 0.4) is 0 Å². The van der Waals surface area contributed by atoms with Gasteiger partial charge >= 0.3 is 6.09 Å². The van der Waals surface area contributed by atoms with E-state index in [1.807, 2.05) is 33.8 Å². The van der Waals surface area contributed by atoms with Crippen molar-refractivity contribution in [2.75, 3.05) is 11.9 Å². The summed E-state index contributed by atoms with van der Waals surface area (Å²) in [7, 11) is 0. The Morgan fingerprint density at radius 3 is 2.52 bits per heavy atom. The average Bonchev–Trinajstić information content (AvgIpc) is 2.59. The lowest BCUT2D eigenvalue weighted by molar-refractivity contribution is -0.115. The van der Waals surface area contributed by atoms with Gasteiger partial charge in [-0.1, -0.05) is 13.0 Å². The largest absolute Gasteiger partial charge is 0.444 e. The van der Waals surface area contributed by atoms with Gasteiger partial charge < -0.3 is 15.4 Å². The molecule has 0 radical (unpaired) electrons. The fourth-order valence-electron chi connectivity index (χ4n) is 2.18. The second-order valence-corrected chi connectivity index (χ2v) is 7.17. The number of carbonyl (C=O) groups excluding carboxylic acids is 2. The van der Waals surface area contributed by atoms with Gasteiger partial charge in [0, 0.05) is 24.4 Å². The number of alkyl carbamates (subject to hydrolysis) is 1. The molecule has 0 saturated carbocycles. The van der Waals surface area contributed by atoms with Crippen LogP contribution in [-0.2, 0) is 16.0 Å². The van der Waals surface area contributed by atoms with Gasteiger partial charge in [-0.15, -0.1) is 5.10 Å². The van der Waals surface area contributed by atoms with Gasteiger partial charge in [0.2, 0.25) is 5.91 Å². The molecule has 0 bridgehead atoms. The fraction of sp³-hybridized carbons (Fsp3) is 0.421. The number of nitrogens with one attached hydrogen (secondary N) is 2. The highest BCUT2D eigenvalue weighted by atomic mass is 16.6. The Kier molecular flexibility index (Phi) is 6.81. The van der Waals surface area contributed by atoms with Crippen LogP contribution >= 0.6 is 0 Å². The molecule has 2 amide bonds. The predicted molar refractivity (Wildman–Crippen MR) is 101 cm³/mol. The van der Waals surface area contributed by atoms with Gasteiger partial charge in [0.15, 0.2) is 5.82 Å². The van der Waals surface area contributed by atoms with Gasteiger partial charge in [0.25, 0.3) is 0 Å². The van der Waals surface area contributed by atoms with E-state index >= 15 is 0 Å².